The van der Waals surface area contributed by atoms with Gasteiger partial charge >= 0.3 is 0 Å². The molecule has 2 aromatic carbocycles. The van der Waals surface area contributed by atoms with E-state index in [4.69, 9.17) is 0 Å². The van der Waals surface area contributed by atoms with Gasteiger partial charge in [-0.05, 0) is 48.1 Å². The van der Waals surface area contributed by atoms with Crippen LogP contribution in [0.15, 0.2) is 71.4 Å². The number of carbonyl (C=O) groups is 2. The Hall–Kier alpha value is -2.96. The fourth-order valence-electron chi connectivity index (χ4n) is 4.74. The third kappa shape index (κ3) is 4.01. The SMILES string of the molecule is O=C(NC[C@H]1CC[C@@H]2CN(C(=O)c3ccccc3)c3ccccc3CN12)c1ccsc1. The van der Waals surface area contributed by atoms with E-state index in [1.165, 1.54) is 11.3 Å². The van der Waals surface area contributed by atoms with Crippen molar-refractivity contribution in [3.63, 3.8) is 0 Å². The summed E-state index contributed by atoms with van der Waals surface area (Å²) in [5, 5.41) is 6.91. The Morgan fingerprint density at radius 2 is 1.77 bits per heavy atom. The average Bonchev–Trinajstić information content (AvgIpc) is 3.44. The Balaban J connectivity index is 1.37. The lowest BCUT2D eigenvalue weighted by Crippen LogP contribution is -2.45. The molecular weight excluding hydrogens is 406 g/mol. The number of carbonyl (C=O) groups excluding carboxylic acids is 2. The summed E-state index contributed by atoms with van der Waals surface area (Å²) in [6.07, 6.45) is 2.04. The molecule has 1 fully saturated rings. The number of thiophene rings is 1. The first-order valence-corrected chi connectivity index (χ1v) is 11.7. The quantitative estimate of drug-likeness (QED) is 0.675. The van der Waals surface area contributed by atoms with Crippen LogP contribution in [0.4, 0.5) is 5.69 Å². The minimum atomic E-state index is -0.0131. The fourth-order valence-corrected chi connectivity index (χ4v) is 5.37. The molecule has 0 radical (unpaired) electrons. The smallest absolute Gasteiger partial charge is 0.258 e. The molecule has 3 aromatic rings. The molecule has 0 aliphatic carbocycles. The molecule has 1 N–H and O–H groups in total. The third-order valence-corrected chi connectivity index (χ3v) is 7.03. The summed E-state index contributed by atoms with van der Waals surface area (Å²) < 4.78 is 0. The van der Waals surface area contributed by atoms with E-state index in [2.05, 4.69) is 16.3 Å². The van der Waals surface area contributed by atoms with Crippen molar-refractivity contribution in [3.05, 3.63) is 88.1 Å². The maximum absolute atomic E-state index is 13.4. The molecule has 1 saturated heterocycles. The normalized spacial score (nSPS) is 20.6. The summed E-state index contributed by atoms with van der Waals surface area (Å²) in [5.74, 6) is 0.0323. The van der Waals surface area contributed by atoms with E-state index in [1.54, 1.807) is 0 Å². The van der Waals surface area contributed by atoms with Crippen molar-refractivity contribution in [3.8, 4) is 0 Å². The van der Waals surface area contributed by atoms with Crippen LogP contribution >= 0.6 is 11.3 Å². The van der Waals surface area contributed by atoms with E-state index in [1.807, 2.05) is 70.3 Å². The first-order valence-electron chi connectivity index (χ1n) is 10.7. The van der Waals surface area contributed by atoms with Gasteiger partial charge in [-0.3, -0.25) is 14.5 Å². The van der Waals surface area contributed by atoms with Gasteiger partial charge in [-0.2, -0.15) is 11.3 Å². The lowest BCUT2D eigenvalue weighted by atomic mass is 10.1. The molecular formula is C25H25N3O2S. The van der Waals surface area contributed by atoms with Gasteiger partial charge in [0.15, 0.2) is 0 Å². The van der Waals surface area contributed by atoms with E-state index >= 15 is 0 Å². The Bertz CT molecular complexity index is 1070. The number of anilines is 1. The van der Waals surface area contributed by atoms with Crippen molar-refractivity contribution in [2.24, 2.45) is 0 Å². The fraction of sp³-hybridized carbons (Fsp3) is 0.280. The highest BCUT2D eigenvalue weighted by atomic mass is 32.1. The van der Waals surface area contributed by atoms with Crippen LogP contribution in [0, 0.1) is 0 Å². The van der Waals surface area contributed by atoms with Gasteiger partial charge in [0.25, 0.3) is 11.8 Å². The summed E-state index contributed by atoms with van der Waals surface area (Å²) in [6.45, 7) is 2.08. The summed E-state index contributed by atoms with van der Waals surface area (Å²) in [6, 6.07) is 20.1. The molecule has 158 valence electrons. The second kappa shape index (κ2) is 8.65. The van der Waals surface area contributed by atoms with Gasteiger partial charge in [0.05, 0.1) is 0 Å². The predicted octanol–water partition coefficient (Wildman–Crippen LogP) is 4.17. The summed E-state index contributed by atoms with van der Waals surface area (Å²) in [4.78, 5) is 30.2. The van der Waals surface area contributed by atoms with E-state index in [-0.39, 0.29) is 23.9 Å². The number of fused-ring (bicyclic) bond motifs is 2. The predicted molar refractivity (Wildman–Crippen MR) is 124 cm³/mol. The number of nitrogens with one attached hydrogen (secondary N) is 1. The van der Waals surface area contributed by atoms with E-state index in [9.17, 15) is 9.59 Å². The first kappa shape index (κ1) is 20.0. The van der Waals surface area contributed by atoms with Crippen molar-refractivity contribution >= 4 is 28.8 Å². The number of benzene rings is 2. The molecule has 3 heterocycles. The van der Waals surface area contributed by atoms with Crippen molar-refractivity contribution in [1.82, 2.24) is 10.2 Å². The molecule has 31 heavy (non-hydrogen) atoms. The third-order valence-electron chi connectivity index (χ3n) is 6.35. The molecule has 2 aliphatic rings. The minimum absolute atomic E-state index is 0.0131. The Morgan fingerprint density at radius 3 is 2.58 bits per heavy atom. The van der Waals surface area contributed by atoms with Gasteiger partial charge in [-0.25, -0.2) is 0 Å². The maximum Gasteiger partial charge on any atom is 0.258 e. The zero-order chi connectivity index (χ0) is 21.2. The second-order valence-corrected chi connectivity index (χ2v) is 8.97. The zero-order valence-corrected chi connectivity index (χ0v) is 18.1. The molecule has 0 bridgehead atoms. The molecule has 5 rings (SSSR count). The van der Waals surface area contributed by atoms with Gasteiger partial charge in [0, 0.05) is 53.9 Å². The molecule has 5 nitrogen and oxygen atoms in total. The summed E-state index contributed by atoms with van der Waals surface area (Å²) in [5.41, 5.74) is 3.58. The topological polar surface area (TPSA) is 52.7 Å². The number of hydrogen-bond acceptors (Lipinski definition) is 4. The summed E-state index contributed by atoms with van der Waals surface area (Å²) in [7, 11) is 0. The van der Waals surface area contributed by atoms with Crippen LogP contribution in [0.1, 0.15) is 39.1 Å². The van der Waals surface area contributed by atoms with Crippen molar-refractivity contribution in [2.45, 2.75) is 31.5 Å². The van der Waals surface area contributed by atoms with Crippen LogP contribution in [0.25, 0.3) is 0 Å². The largest absolute Gasteiger partial charge is 0.350 e. The average molecular weight is 432 g/mol. The molecule has 2 aliphatic heterocycles. The minimum Gasteiger partial charge on any atom is -0.350 e. The second-order valence-electron chi connectivity index (χ2n) is 8.19. The van der Waals surface area contributed by atoms with Crippen LogP contribution < -0.4 is 10.2 Å². The number of para-hydroxylation sites is 1. The molecule has 0 unspecified atom stereocenters. The van der Waals surface area contributed by atoms with Gasteiger partial charge in [-0.15, -0.1) is 0 Å². The van der Waals surface area contributed by atoms with Crippen LogP contribution in [0.2, 0.25) is 0 Å². The number of rotatable bonds is 4. The highest BCUT2D eigenvalue weighted by Crippen LogP contribution is 2.35. The molecule has 2 amide bonds. The lowest BCUT2D eigenvalue weighted by molar-refractivity contribution is 0.0934. The van der Waals surface area contributed by atoms with Crippen molar-refractivity contribution < 1.29 is 9.59 Å². The van der Waals surface area contributed by atoms with Gasteiger partial charge < -0.3 is 10.2 Å². The van der Waals surface area contributed by atoms with Crippen LogP contribution in [0.5, 0.6) is 0 Å². The van der Waals surface area contributed by atoms with Crippen LogP contribution in [0.3, 0.4) is 0 Å². The Kier molecular flexibility index (Phi) is 5.57. The lowest BCUT2D eigenvalue weighted by Gasteiger charge is -2.29. The van der Waals surface area contributed by atoms with Gasteiger partial charge in [0.2, 0.25) is 0 Å². The number of amides is 2. The highest BCUT2D eigenvalue weighted by molar-refractivity contribution is 7.08. The molecule has 1 aromatic heterocycles. The van der Waals surface area contributed by atoms with Gasteiger partial charge in [-0.1, -0.05) is 36.4 Å². The zero-order valence-electron chi connectivity index (χ0n) is 17.2. The molecule has 0 saturated carbocycles. The first-order chi connectivity index (χ1) is 15.2. The van der Waals surface area contributed by atoms with E-state index < -0.39 is 0 Å². The Morgan fingerprint density at radius 1 is 0.968 bits per heavy atom. The highest BCUT2D eigenvalue weighted by Gasteiger charge is 2.38. The molecule has 0 spiro atoms. The Labute approximate surface area is 186 Å². The van der Waals surface area contributed by atoms with Crippen molar-refractivity contribution in [1.29, 1.82) is 0 Å². The van der Waals surface area contributed by atoms with Crippen LogP contribution in [-0.4, -0.2) is 41.9 Å². The number of hydrogen-bond donors (Lipinski definition) is 1. The van der Waals surface area contributed by atoms with Crippen LogP contribution in [-0.2, 0) is 6.54 Å². The van der Waals surface area contributed by atoms with E-state index in [0.717, 1.165) is 36.2 Å². The maximum atomic E-state index is 13.4. The monoisotopic (exact) mass is 431 g/mol. The molecule has 2 atom stereocenters. The molecule has 6 heteroatoms. The van der Waals surface area contributed by atoms with Gasteiger partial charge in [0.1, 0.15) is 0 Å². The standard InChI is InChI=1S/C25H25N3O2S/c29-24(20-12-13-31-17-20)26-14-21-10-11-22-16-28(25(30)18-6-2-1-3-7-18)23-9-5-4-8-19(23)15-27(21)22/h1-9,12-13,17,21-22H,10-11,14-16H2,(H,26,29)/t21-,22-/m1/s1. The van der Waals surface area contributed by atoms with Crippen molar-refractivity contribution in [2.75, 3.05) is 18.0 Å². The number of nitrogens with zero attached hydrogens (tertiary/aromatic N) is 2. The summed E-state index contributed by atoms with van der Waals surface area (Å²) >= 11 is 1.53. The van der Waals surface area contributed by atoms with E-state index in [0.29, 0.717) is 18.7 Å².